The fourth-order valence-corrected chi connectivity index (χ4v) is 2.09. The van der Waals surface area contributed by atoms with E-state index in [2.05, 4.69) is 15.7 Å². The second kappa shape index (κ2) is 5.94. The second-order valence-corrected chi connectivity index (χ2v) is 4.48. The number of aromatic nitrogens is 1. The minimum Gasteiger partial charge on any atom is -0.376 e. The topological polar surface area (TPSA) is 89.3 Å². The van der Waals surface area contributed by atoms with Crippen molar-refractivity contribution < 1.29 is 13.9 Å². The summed E-state index contributed by atoms with van der Waals surface area (Å²) in [5.74, 6) is 3.70. The summed E-state index contributed by atoms with van der Waals surface area (Å²) in [6.45, 7) is 2.55. The number of rotatable bonds is 4. The number of nitrogens with one attached hydrogen (secondary N) is 2. The van der Waals surface area contributed by atoms with Gasteiger partial charge in [0.25, 0.3) is 5.91 Å². The summed E-state index contributed by atoms with van der Waals surface area (Å²) in [5, 5.41) is 2.73. The molecule has 7 heteroatoms. The molecule has 6 nitrogen and oxygen atoms in total. The highest BCUT2D eigenvalue weighted by atomic mass is 19.1. The van der Waals surface area contributed by atoms with Crippen molar-refractivity contribution in [3.05, 3.63) is 23.6 Å². The first-order chi connectivity index (χ1) is 9.13. The van der Waals surface area contributed by atoms with Gasteiger partial charge in [-0.2, -0.15) is 0 Å². The number of nitrogens with zero attached hydrogens (tertiary/aromatic N) is 1. The Morgan fingerprint density at radius 3 is 3.11 bits per heavy atom. The number of hydrazine groups is 1. The Labute approximate surface area is 110 Å². The first-order valence-electron chi connectivity index (χ1n) is 6.17. The van der Waals surface area contributed by atoms with Gasteiger partial charge in [-0.15, -0.1) is 0 Å². The molecule has 1 aliphatic rings. The molecule has 2 atom stereocenters. The Morgan fingerprint density at radius 1 is 1.68 bits per heavy atom. The van der Waals surface area contributed by atoms with Crippen LogP contribution in [0, 0.1) is 5.82 Å². The lowest BCUT2D eigenvalue weighted by molar-refractivity contribution is 0.0710. The molecule has 1 amide bonds. The average molecular weight is 268 g/mol. The van der Waals surface area contributed by atoms with Crippen LogP contribution in [0.3, 0.4) is 0 Å². The van der Waals surface area contributed by atoms with Crippen LogP contribution < -0.4 is 16.6 Å². The van der Waals surface area contributed by atoms with Gasteiger partial charge in [-0.3, -0.25) is 4.79 Å². The molecule has 19 heavy (non-hydrogen) atoms. The number of pyridine rings is 1. The molecule has 2 heterocycles. The molecule has 0 aromatic carbocycles. The smallest absolute Gasteiger partial charge is 0.254 e. The zero-order valence-corrected chi connectivity index (χ0v) is 10.6. The number of ether oxygens (including phenoxy) is 1. The predicted molar refractivity (Wildman–Crippen MR) is 67.9 cm³/mol. The van der Waals surface area contributed by atoms with Crippen molar-refractivity contribution in [1.82, 2.24) is 10.3 Å². The fraction of sp³-hybridized carbons (Fsp3) is 0.500. The molecule has 1 aliphatic heterocycles. The van der Waals surface area contributed by atoms with Crippen LogP contribution in [0.15, 0.2) is 12.3 Å². The Morgan fingerprint density at radius 2 is 2.47 bits per heavy atom. The van der Waals surface area contributed by atoms with Gasteiger partial charge in [0.05, 0.1) is 17.7 Å². The van der Waals surface area contributed by atoms with Gasteiger partial charge in [0.15, 0.2) is 11.6 Å². The zero-order chi connectivity index (χ0) is 13.8. The molecule has 1 saturated heterocycles. The Balaban J connectivity index is 2.07. The van der Waals surface area contributed by atoms with Gasteiger partial charge < -0.3 is 15.5 Å². The van der Waals surface area contributed by atoms with Crippen molar-refractivity contribution in [3.63, 3.8) is 0 Å². The van der Waals surface area contributed by atoms with E-state index in [1.54, 1.807) is 0 Å². The Bertz CT molecular complexity index is 463. The number of amides is 1. The van der Waals surface area contributed by atoms with Crippen molar-refractivity contribution in [2.75, 3.05) is 12.0 Å². The first kappa shape index (κ1) is 13.7. The van der Waals surface area contributed by atoms with Crippen LogP contribution in [0.4, 0.5) is 10.2 Å². The van der Waals surface area contributed by atoms with E-state index >= 15 is 0 Å². The van der Waals surface area contributed by atoms with E-state index in [4.69, 9.17) is 10.6 Å². The molecule has 0 saturated carbocycles. The van der Waals surface area contributed by atoms with E-state index in [0.29, 0.717) is 6.61 Å². The molecule has 0 aliphatic carbocycles. The lowest BCUT2D eigenvalue weighted by Gasteiger charge is -2.20. The van der Waals surface area contributed by atoms with Crippen LogP contribution in [-0.2, 0) is 4.74 Å². The van der Waals surface area contributed by atoms with Crippen molar-refractivity contribution in [2.24, 2.45) is 5.84 Å². The lowest BCUT2D eigenvalue weighted by atomic mass is 10.1. The summed E-state index contributed by atoms with van der Waals surface area (Å²) in [6.07, 6.45) is 3.19. The third-order valence-electron chi connectivity index (χ3n) is 3.15. The quantitative estimate of drug-likeness (QED) is 0.555. The van der Waals surface area contributed by atoms with Crippen molar-refractivity contribution in [1.29, 1.82) is 0 Å². The number of anilines is 1. The molecule has 0 bridgehead atoms. The molecular formula is C12H17FN4O2. The van der Waals surface area contributed by atoms with Crippen molar-refractivity contribution in [3.8, 4) is 0 Å². The minimum absolute atomic E-state index is 0.0130. The number of hydrogen-bond donors (Lipinski definition) is 3. The van der Waals surface area contributed by atoms with Crippen LogP contribution in [0.25, 0.3) is 0 Å². The Kier molecular flexibility index (Phi) is 4.28. The maximum Gasteiger partial charge on any atom is 0.254 e. The number of nitrogens with two attached hydrogens (primary N) is 1. The molecular weight excluding hydrogens is 251 g/mol. The summed E-state index contributed by atoms with van der Waals surface area (Å²) in [4.78, 5) is 15.7. The van der Waals surface area contributed by atoms with Crippen molar-refractivity contribution >= 4 is 11.7 Å². The lowest BCUT2D eigenvalue weighted by Crippen LogP contribution is -2.41. The number of carbonyl (C=O) groups is 1. The standard InChI is InChI=1S/C12H17FN4O2/c1-7(9-3-2-6-19-9)16-12(18)8-4-5-15-11(17-14)10(8)13/h4-5,7,9H,2-3,6,14H2,1H3,(H,15,17)(H,16,18). The van der Waals surface area contributed by atoms with E-state index in [9.17, 15) is 9.18 Å². The van der Waals surface area contributed by atoms with Crippen LogP contribution in [0.5, 0.6) is 0 Å². The van der Waals surface area contributed by atoms with Crippen LogP contribution >= 0.6 is 0 Å². The molecule has 0 spiro atoms. The number of nitrogen functional groups attached to an aromatic ring is 1. The van der Waals surface area contributed by atoms with Crippen LogP contribution in [-0.4, -0.2) is 29.6 Å². The SMILES string of the molecule is CC(NC(=O)c1ccnc(NN)c1F)C1CCCO1. The Hall–Kier alpha value is -1.73. The summed E-state index contributed by atoms with van der Waals surface area (Å²) < 4.78 is 19.3. The first-order valence-corrected chi connectivity index (χ1v) is 6.17. The van der Waals surface area contributed by atoms with Gasteiger partial charge in [0.1, 0.15) is 0 Å². The largest absolute Gasteiger partial charge is 0.376 e. The second-order valence-electron chi connectivity index (χ2n) is 4.48. The highest BCUT2D eigenvalue weighted by Crippen LogP contribution is 2.17. The van der Waals surface area contributed by atoms with Gasteiger partial charge in [0.2, 0.25) is 0 Å². The summed E-state index contributed by atoms with van der Waals surface area (Å²) in [7, 11) is 0. The monoisotopic (exact) mass is 268 g/mol. The van der Waals surface area contributed by atoms with E-state index in [0.717, 1.165) is 12.8 Å². The van der Waals surface area contributed by atoms with Gasteiger partial charge in [-0.05, 0) is 25.8 Å². The fourth-order valence-electron chi connectivity index (χ4n) is 2.09. The third kappa shape index (κ3) is 2.99. The van der Waals surface area contributed by atoms with E-state index in [1.807, 2.05) is 6.92 Å². The van der Waals surface area contributed by atoms with Crippen LogP contribution in [0.2, 0.25) is 0 Å². The number of carbonyl (C=O) groups excluding carboxylic acids is 1. The summed E-state index contributed by atoms with van der Waals surface area (Å²) in [5.41, 5.74) is 2.02. The highest BCUT2D eigenvalue weighted by molar-refractivity contribution is 5.95. The highest BCUT2D eigenvalue weighted by Gasteiger charge is 2.25. The van der Waals surface area contributed by atoms with E-state index in [1.165, 1.54) is 12.3 Å². The zero-order valence-electron chi connectivity index (χ0n) is 10.6. The number of hydrogen-bond acceptors (Lipinski definition) is 5. The average Bonchev–Trinajstić information content (AvgIpc) is 2.92. The molecule has 104 valence electrons. The summed E-state index contributed by atoms with van der Waals surface area (Å²) in [6, 6.07) is 1.14. The third-order valence-corrected chi connectivity index (χ3v) is 3.15. The maximum absolute atomic E-state index is 13.9. The molecule has 1 aromatic rings. The summed E-state index contributed by atoms with van der Waals surface area (Å²) >= 11 is 0. The van der Waals surface area contributed by atoms with Gasteiger partial charge in [0, 0.05) is 12.8 Å². The molecule has 2 unspecified atom stereocenters. The molecule has 0 radical (unpaired) electrons. The number of halogens is 1. The van der Waals surface area contributed by atoms with Gasteiger partial charge >= 0.3 is 0 Å². The molecule has 2 rings (SSSR count). The van der Waals surface area contributed by atoms with Gasteiger partial charge in [-0.1, -0.05) is 0 Å². The molecule has 1 aromatic heterocycles. The van der Waals surface area contributed by atoms with Crippen molar-refractivity contribution in [2.45, 2.75) is 31.9 Å². The van der Waals surface area contributed by atoms with E-state index in [-0.39, 0.29) is 23.5 Å². The van der Waals surface area contributed by atoms with Gasteiger partial charge in [-0.25, -0.2) is 15.2 Å². The van der Waals surface area contributed by atoms with E-state index < -0.39 is 11.7 Å². The molecule has 1 fully saturated rings. The maximum atomic E-state index is 13.9. The van der Waals surface area contributed by atoms with Crippen LogP contribution in [0.1, 0.15) is 30.1 Å². The molecule has 4 N–H and O–H groups in total. The minimum atomic E-state index is -0.762. The predicted octanol–water partition coefficient (Wildman–Crippen LogP) is 0.804. The normalized spacial score (nSPS) is 20.1.